The first-order valence-corrected chi connectivity index (χ1v) is 8.98. The fraction of sp³-hybridized carbons (Fsp3) is 0.812. The van der Waals surface area contributed by atoms with E-state index >= 15 is 0 Å². The molecule has 2 saturated heterocycles. The molecule has 2 aliphatic heterocycles. The lowest BCUT2D eigenvalue weighted by molar-refractivity contribution is -0.128. The van der Waals surface area contributed by atoms with Gasteiger partial charge >= 0.3 is 6.09 Å². The molecule has 0 N–H and O–H groups in total. The van der Waals surface area contributed by atoms with Gasteiger partial charge in [-0.05, 0) is 20.8 Å². The van der Waals surface area contributed by atoms with Gasteiger partial charge in [0.25, 0.3) is 0 Å². The fourth-order valence-corrected chi connectivity index (χ4v) is 4.66. The number of amides is 2. The zero-order valence-electron chi connectivity index (χ0n) is 14.1. The smallest absolute Gasteiger partial charge is 0.410 e. The van der Waals surface area contributed by atoms with Crippen LogP contribution in [-0.4, -0.2) is 63.4 Å². The standard InChI is InChI=1S/C16H24N2O4S/c1-9(19)23-10-5-13(20)18(6-10)14-11-7-17(8-12(11)14)15(21)22-16(2,3)4/h10-12,14H,5-8H2,1-4H3/t10?,11-,12+,14?. The Labute approximate surface area is 140 Å². The molecule has 2 amide bonds. The van der Waals surface area contributed by atoms with Crippen molar-refractivity contribution in [1.82, 2.24) is 9.80 Å². The summed E-state index contributed by atoms with van der Waals surface area (Å²) in [5.74, 6) is 0.882. The van der Waals surface area contributed by atoms with Gasteiger partial charge in [0.05, 0.1) is 0 Å². The number of carbonyl (C=O) groups excluding carboxylic acids is 3. The molecular formula is C16H24N2O4S. The predicted octanol–water partition coefficient (Wildman–Crippen LogP) is 1.73. The normalized spacial score (nSPS) is 33.0. The largest absolute Gasteiger partial charge is 0.444 e. The van der Waals surface area contributed by atoms with E-state index < -0.39 is 5.60 Å². The Balaban J connectivity index is 1.51. The van der Waals surface area contributed by atoms with Crippen molar-refractivity contribution in [2.75, 3.05) is 19.6 Å². The highest BCUT2D eigenvalue weighted by molar-refractivity contribution is 8.14. The number of hydrogen-bond acceptors (Lipinski definition) is 5. The van der Waals surface area contributed by atoms with Gasteiger partial charge < -0.3 is 14.5 Å². The van der Waals surface area contributed by atoms with Crippen LogP contribution in [0.2, 0.25) is 0 Å². The first-order chi connectivity index (χ1) is 10.7. The summed E-state index contributed by atoms with van der Waals surface area (Å²) in [5, 5.41) is 0.153. The summed E-state index contributed by atoms with van der Waals surface area (Å²) in [7, 11) is 0. The van der Waals surface area contributed by atoms with Crippen LogP contribution >= 0.6 is 11.8 Å². The maximum atomic E-state index is 12.2. The van der Waals surface area contributed by atoms with Gasteiger partial charge in [-0.2, -0.15) is 0 Å². The molecular weight excluding hydrogens is 316 g/mol. The molecule has 7 heteroatoms. The van der Waals surface area contributed by atoms with Crippen molar-refractivity contribution < 1.29 is 19.1 Å². The summed E-state index contributed by atoms with van der Waals surface area (Å²) in [6, 6.07) is 0.249. The minimum Gasteiger partial charge on any atom is -0.444 e. The molecule has 23 heavy (non-hydrogen) atoms. The van der Waals surface area contributed by atoms with Crippen LogP contribution in [0.1, 0.15) is 34.1 Å². The molecule has 128 valence electrons. The summed E-state index contributed by atoms with van der Waals surface area (Å²) < 4.78 is 5.40. The number of rotatable bonds is 2. The zero-order valence-corrected chi connectivity index (χ0v) is 14.9. The Morgan fingerprint density at radius 3 is 2.30 bits per heavy atom. The van der Waals surface area contributed by atoms with Crippen LogP contribution in [0.15, 0.2) is 0 Å². The van der Waals surface area contributed by atoms with E-state index in [1.54, 1.807) is 11.8 Å². The second-order valence-corrected chi connectivity index (χ2v) is 9.16. The molecule has 2 unspecified atom stereocenters. The molecule has 2 heterocycles. The van der Waals surface area contributed by atoms with Crippen molar-refractivity contribution in [3.05, 3.63) is 0 Å². The maximum Gasteiger partial charge on any atom is 0.410 e. The molecule has 0 aromatic rings. The SMILES string of the molecule is CC(=O)SC1CC(=O)N(C2[C@H]3CN(C(=O)OC(C)(C)C)C[C@@H]23)C1. The zero-order chi connectivity index (χ0) is 16.9. The highest BCUT2D eigenvalue weighted by atomic mass is 32.2. The molecule has 1 aliphatic carbocycles. The molecule has 3 aliphatic rings. The van der Waals surface area contributed by atoms with E-state index in [4.69, 9.17) is 4.74 Å². The molecule has 4 atom stereocenters. The number of likely N-dealkylation sites (tertiary alicyclic amines) is 2. The Hall–Kier alpha value is -1.24. The lowest BCUT2D eigenvalue weighted by Gasteiger charge is -2.27. The highest BCUT2D eigenvalue weighted by Gasteiger charge is 2.61. The molecule has 0 aromatic carbocycles. The summed E-state index contributed by atoms with van der Waals surface area (Å²) in [4.78, 5) is 39.1. The van der Waals surface area contributed by atoms with Crippen LogP contribution in [0, 0.1) is 11.8 Å². The molecule has 1 saturated carbocycles. The predicted molar refractivity (Wildman–Crippen MR) is 87.0 cm³/mol. The molecule has 0 radical (unpaired) electrons. The lowest BCUT2D eigenvalue weighted by atomic mass is 10.2. The summed E-state index contributed by atoms with van der Waals surface area (Å²) >= 11 is 1.27. The van der Waals surface area contributed by atoms with E-state index in [9.17, 15) is 14.4 Å². The molecule has 0 spiro atoms. The van der Waals surface area contributed by atoms with E-state index in [0.717, 1.165) is 0 Å². The Morgan fingerprint density at radius 1 is 1.17 bits per heavy atom. The van der Waals surface area contributed by atoms with E-state index in [1.807, 2.05) is 25.7 Å². The fourth-order valence-electron chi connectivity index (χ4n) is 3.73. The van der Waals surface area contributed by atoms with Crippen molar-refractivity contribution in [2.45, 2.75) is 51.0 Å². The quantitative estimate of drug-likeness (QED) is 0.766. The van der Waals surface area contributed by atoms with Crippen LogP contribution < -0.4 is 0 Å². The van der Waals surface area contributed by atoms with Gasteiger partial charge in [-0.25, -0.2) is 4.79 Å². The van der Waals surface area contributed by atoms with Gasteiger partial charge in [0.1, 0.15) is 5.60 Å². The van der Waals surface area contributed by atoms with Crippen molar-refractivity contribution in [1.29, 1.82) is 0 Å². The number of nitrogens with zero attached hydrogens (tertiary/aromatic N) is 2. The van der Waals surface area contributed by atoms with Crippen LogP contribution in [0.4, 0.5) is 4.79 Å². The first-order valence-electron chi connectivity index (χ1n) is 8.10. The summed E-state index contributed by atoms with van der Waals surface area (Å²) in [6.45, 7) is 9.12. The number of thioether (sulfide) groups is 1. The van der Waals surface area contributed by atoms with Gasteiger partial charge in [0, 0.05) is 56.1 Å². The third-order valence-corrected chi connectivity index (χ3v) is 5.60. The maximum absolute atomic E-state index is 12.2. The molecule has 6 nitrogen and oxygen atoms in total. The van der Waals surface area contributed by atoms with E-state index in [-0.39, 0.29) is 28.4 Å². The number of fused-ring (bicyclic) bond motifs is 1. The van der Waals surface area contributed by atoms with Crippen LogP contribution in [-0.2, 0) is 14.3 Å². The number of hydrogen-bond donors (Lipinski definition) is 0. The van der Waals surface area contributed by atoms with Crippen molar-refractivity contribution >= 4 is 28.9 Å². The van der Waals surface area contributed by atoms with Crippen LogP contribution in [0.5, 0.6) is 0 Å². The lowest BCUT2D eigenvalue weighted by Crippen LogP contribution is -2.40. The van der Waals surface area contributed by atoms with E-state index in [2.05, 4.69) is 0 Å². The van der Waals surface area contributed by atoms with Crippen molar-refractivity contribution in [3.8, 4) is 0 Å². The molecule has 3 fully saturated rings. The third-order valence-electron chi connectivity index (χ3n) is 4.62. The van der Waals surface area contributed by atoms with E-state index in [0.29, 0.717) is 37.9 Å². The average molecular weight is 340 g/mol. The second-order valence-electron chi connectivity index (χ2n) is 7.69. The monoisotopic (exact) mass is 340 g/mol. The van der Waals surface area contributed by atoms with Gasteiger partial charge in [-0.1, -0.05) is 11.8 Å². The first kappa shape index (κ1) is 16.6. The Bertz CT molecular complexity index is 533. The minimum atomic E-state index is -0.481. The highest BCUT2D eigenvalue weighted by Crippen LogP contribution is 2.50. The number of ether oxygens (including phenoxy) is 1. The van der Waals surface area contributed by atoms with Crippen LogP contribution in [0.25, 0.3) is 0 Å². The second kappa shape index (κ2) is 5.69. The van der Waals surface area contributed by atoms with Gasteiger partial charge in [0.15, 0.2) is 5.12 Å². The summed E-state index contributed by atoms with van der Waals surface area (Å²) in [5.41, 5.74) is -0.481. The topological polar surface area (TPSA) is 66.9 Å². The number of carbonyl (C=O) groups is 3. The van der Waals surface area contributed by atoms with Gasteiger partial charge in [0.2, 0.25) is 5.91 Å². The van der Waals surface area contributed by atoms with Crippen LogP contribution in [0.3, 0.4) is 0 Å². The van der Waals surface area contributed by atoms with Crippen molar-refractivity contribution in [3.63, 3.8) is 0 Å². The van der Waals surface area contributed by atoms with Crippen molar-refractivity contribution in [2.24, 2.45) is 11.8 Å². The molecule has 0 aromatic heterocycles. The van der Waals surface area contributed by atoms with E-state index in [1.165, 1.54) is 11.8 Å². The molecule has 0 bridgehead atoms. The third kappa shape index (κ3) is 3.49. The minimum absolute atomic E-state index is 0.0664. The Morgan fingerprint density at radius 2 is 1.78 bits per heavy atom. The number of piperidine rings is 1. The van der Waals surface area contributed by atoms with Gasteiger partial charge in [-0.3, -0.25) is 9.59 Å². The summed E-state index contributed by atoms with van der Waals surface area (Å²) in [6.07, 6.45) is 0.192. The molecule has 3 rings (SSSR count). The van der Waals surface area contributed by atoms with Gasteiger partial charge in [-0.15, -0.1) is 0 Å². The average Bonchev–Trinajstić information content (AvgIpc) is 2.75. The Kier molecular flexibility index (Phi) is 4.11.